The Hall–Kier alpha value is -0.791. The third-order valence-electron chi connectivity index (χ3n) is 19.0. The molecular formula is C28H36FeO2. The van der Waals surface area contributed by atoms with E-state index in [9.17, 15) is 4.79 Å². The van der Waals surface area contributed by atoms with E-state index >= 15 is 0 Å². The predicted octanol–water partition coefficient (Wildman–Crippen LogP) is 8.42. The zero-order valence-corrected chi connectivity index (χ0v) is 20.1. The van der Waals surface area contributed by atoms with Crippen molar-refractivity contribution in [1.29, 1.82) is 0 Å². The second-order valence-corrected chi connectivity index (χ2v) is 38.5. The Morgan fingerprint density at radius 2 is 1.45 bits per heavy atom. The minimum atomic E-state index is -3.62. The molecule has 10 saturated heterocycles. The maximum atomic E-state index is 14.0. The van der Waals surface area contributed by atoms with Crippen molar-refractivity contribution in [2.75, 3.05) is 0 Å². The van der Waals surface area contributed by atoms with E-state index in [0.717, 1.165) is 35.7 Å². The predicted molar refractivity (Wildman–Crippen MR) is 119 cm³/mol. The van der Waals surface area contributed by atoms with Gasteiger partial charge in [0.15, 0.2) is 0 Å². The number of unbranched alkanes of at least 4 members (excludes halogenated alkanes) is 5. The van der Waals surface area contributed by atoms with E-state index in [2.05, 4.69) is 38.1 Å². The second-order valence-electron chi connectivity index (χ2n) is 15.2. The molecule has 0 radical (unpaired) electrons. The van der Waals surface area contributed by atoms with Crippen LogP contribution in [0.1, 0.15) is 70.8 Å². The SMILES string of the molecule is CCCCCCCc1ccc(OC(=O)[C]23[CH]4[CH]5[CH]6[CH]2[Fe]56432789[CH]3[CH]2[CH]7[C]8(CCCC)[CH]39)cc1. The van der Waals surface area contributed by atoms with Crippen molar-refractivity contribution in [3.05, 3.63) is 29.8 Å². The van der Waals surface area contributed by atoms with Crippen molar-refractivity contribution >= 4 is 5.97 Å². The molecule has 10 heterocycles. The summed E-state index contributed by atoms with van der Waals surface area (Å²) in [6, 6.07) is 8.61. The number of carbonyl (C=O) groups is 1. The molecule has 8 unspecified atom stereocenters. The monoisotopic (exact) mass is 460 g/mol. The molecule has 168 valence electrons. The Morgan fingerprint density at radius 3 is 2.03 bits per heavy atom. The van der Waals surface area contributed by atoms with Gasteiger partial charge in [-0.25, -0.2) is 0 Å². The summed E-state index contributed by atoms with van der Waals surface area (Å²) in [6.07, 6.45) is 12.1. The van der Waals surface area contributed by atoms with Crippen LogP contribution >= 0.6 is 0 Å². The van der Waals surface area contributed by atoms with Crippen molar-refractivity contribution < 1.29 is 16.0 Å². The Bertz CT molecular complexity index is 1480. The Labute approximate surface area is 176 Å². The molecule has 0 bridgehead atoms. The van der Waals surface area contributed by atoms with E-state index in [1.807, 2.05) is 0 Å². The molecule has 1 aromatic rings. The first kappa shape index (κ1) is 15.9. The van der Waals surface area contributed by atoms with E-state index < -0.39 is 6.51 Å². The molecule has 8 atom stereocenters. The molecule has 0 aliphatic carbocycles. The zero-order chi connectivity index (χ0) is 20.6. The van der Waals surface area contributed by atoms with Crippen LogP contribution in [0.4, 0.5) is 0 Å². The van der Waals surface area contributed by atoms with Crippen molar-refractivity contribution in [3.8, 4) is 5.75 Å². The van der Waals surface area contributed by atoms with Crippen LogP contribution < -0.4 is 4.74 Å². The van der Waals surface area contributed by atoms with Crippen LogP contribution in [0.3, 0.4) is 0 Å². The molecule has 10 fully saturated rings. The van der Waals surface area contributed by atoms with E-state index in [1.54, 1.807) is 0 Å². The molecule has 0 saturated carbocycles. The van der Waals surface area contributed by atoms with Crippen LogP contribution in [0.2, 0.25) is 47.2 Å². The summed E-state index contributed by atoms with van der Waals surface area (Å²) < 4.78 is 7.32. The average Bonchev–Trinajstić information content (AvgIpc) is 3.73. The van der Waals surface area contributed by atoms with Crippen molar-refractivity contribution in [2.45, 2.75) is 119 Å². The number of fused-ring (bicyclic) bond motifs is 10. The first-order chi connectivity index (χ1) is 14.9. The first-order valence-corrected chi connectivity index (χ1v) is 19.7. The standard InChI is InChI=1S/C19H23O2.C9H13.Fe/c1-2-3-4-5-6-9-16-12-14-18(15-13-16)21-19(20)17-10-7-8-11-17;1-2-3-6-9-7-4-5-8-9;/h7-8,10-15H,2-6,9H2,1H3;4-5,7-8H,2-3,6H2,1H3;. The summed E-state index contributed by atoms with van der Waals surface area (Å²) >= 11 is 0. The quantitative estimate of drug-likeness (QED) is 0.143. The van der Waals surface area contributed by atoms with E-state index in [0.29, 0.717) is 5.97 Å². The number of esters is 1. The molecular weight excluding hydrogens is 424 g/mol. The molecule has 1 aromatic carbocycles. The van der Waals surface area contributed by atoms with Crippen molar-refractivity contribution in [3.63, 3.8) is 0 Å². The van der Waals surface area contributed by atoms with Crippen molar-refractivity contribution in [2.24, 2.45) is 0 Å². The summed E-state index contributed by atoms with van der Waals surface area (Å²) in [5, 5.41) is 0. The summed E-state index contributed by atoms with van der Waals surface area (Å²) in [4.78, 5) is 22.9. The number of carbonyl (C=O) groups excluding carboxylic acids is 1. The molecule has 2 nitrogen and oxygen atoms in total. The first-order valence-electron chi connectivity index (χ1n) is 13.4. The number of hydrogen-bond acceptors (Lipinski definition) is 2. The molecule has 10 aliphatic rings. The van der Waals surface area contributed by atoms with Gasteiger partial charge in [-0.2, -0.15) is 0 Å². The van der Waals surface area contributed by atoms with Gasteiger partial charge < -0.3 is 0 Å². The van der Waals surface area contributed by atoms with Gasteiger partial charge in [-0.3, -0.25) is 0 Å². The van der Waals surface area contributed by atoms with Crippen LogP contribution in [-0.4, -0.2) is 5.97 Å². The summed E-state index contributed by atoms with van der Waals surface area (Å²) in [6.45, 7) is 1.01. The number of hydrogen-bond donors (Lipinski definition) is 0. The van der Waals surface area contributed by atoms with E-state index in [1.165, 1.54) is 76.2 Å². The van der Waals surface area contributed by atoms with Crippen LogP contribution in [0.15, 0.2) is 24.3 Å². The van der Waals surface area contributed by atoms with Crippen molar-refractivity contribution in [1.82, 2.24) is 0 Å². The van der Waals surface area contributed by atoms with Crippen LogP contribution in [-0.2, 0) is 17.7 Å². The Morgan fingerprint density at radius 1 is 0.839 bits per heavy atom. The van der Waals surface area contributed by atoms with Gasteiger partial charge >= 0.3 is 163 Å². The molecule has 31 heavy (non-hydrogen) atoms. The molecule has 10 aliphatic heterocycles. The number of rotatable bonds is 11. The van der Waals surface area contributed by atoms with Gasteiger partial charge in [0.05, 0.1) is 0 Å². The van der Waals surface area contributed by atoms with Gasteiger partial charge in [0.25, 0.3) is 0 Å². The zero-order valence-electron chi connectivity index (χ0n) is 19.0. The number of ether oxygens (including phenoxy) is 1. The van der Waals surface area contributed by atoms with Crippen LogP contribution in [0.25, 0.3) is 0 Å². The van der Waals surface area contributed by atoms with Gasteiger partial charge in [-0.15, -0.1) is 0 Å². The summed E-state index contributed by atoms with van der Waals surface area (Å²) in [7, 11) is 0. The Balaban J connectivity index is 0.899. The second kappa shape index (κ2) is 2.18. The van der Waals surface area contributed by atoms with Gasteiger partial charge in [-0.05, 0) is 0 Å². The third-order valence-corrected chi connectivity index (χ3v) is 62.4. The van der Waals surface area contributed by atoms with Gasteiger partial charge in [0.1, 0.15) is 0 Å². The number of aryl methyl sites for hydroxylation is 1. The third kappa shape index (κ3) is 0.327. The van der Waals surface area contributed by atoms with Gasteiger partial charge in [0.2, 0.25) is 0 Å². The molecule has 11 rings (SSSR count). The van der Waals surface area contributed by atoms with Crippen LogP contribution in [0, 0.1) is 0 Å². The summed E-state index contributed by atoms with van der Waals surface area (Å²) in [5.74, 6) is 1.14. The summed E-state index contributed by atoms with van der Waals surface area (Å²) in [5.41, 5.74) is 1.40. The van der Waals surface area contributed by atoms with E-state index in [-0.39, 0.29) is 4.31 Å². The average molecular weight is 460 g/mol. The van der Waals surface area contributed by atoms with Gasteiger partial charge in [-0.1, -0.05) is 13.3 Å². The van der Waals surface area contributed by atoms with E-state index in [4.69, 9.17) is 4.74 Å². The molecule has 1 spiro atoms. The Kier molecular flexibility index (Phi) is 1.12. The molecule has 3 heteroatoms. The fourth-order valence-electron chi connectivity index (χ4n) is 20.5. The fourth-order valence-corrected chi connectivity index (χ4v) is 97.2. The molecule has 0 N–H and O–H groups in total. The topological polar surface area (TPSA) is 26.3 Å². The molecule has 0 aromatic heterocycles. The fraction of sp³-hybridized carbons (Fsp3) is 0.750. The van der Waals surface area contributed by atoms with Crippen LogP contribution in [0.5, 0.6) is 5.75 Å². The minimum absolute atomic E-state index is 0.195. The molecule has 0 amide bonds. The maximum absolute atomic E-state index is 14.0. The van der Waals surface area contributed by atoms with Gasteiger partial charge in [0, 0.05) is 0 Å². The normalized spacial score (nSPS) is 72.8. The number of benzene rings is 1.